The Morgan fingerprint density at radius 2 is 2.00 bits per heavy atom. The molecule has 0 fully saturated rings. The fraction of sp³-hybridized carbons (Fsp3) is 0.316. The predicted octanol–water partition coefficient (Wildman–Crippen LogP) is 3.25. The quantitative estimate of drug-likeness (QED) is 0.767. The van der Waals surface area contributed by atoms with Crippen LogP contribution < -0.4 is 5.32 Å². The third kappa shape index (κ3) is 5.60. The van der Waals surface area contributed by atoms with Crippen molar-refractivity contribution in [3.63, 3.8) is 0 Å². The Morgan fingerprint density at radius 1 is 1.20 bits per heavy atom. The summed E-state index contributed by atoms with van der Waals surface area (Å²) < 4.78 is 9.93. The summed E-state index contributed by atoms with van der Waals surface area (Å²) in [5.41, 5.74) is 1.35. The molecule has 0 spiro atoms. The summed E-state index contributed by atoms with van der Waals surface area (Å²) >= 11 is 0. The lowest BCUT2D eigenvalue weighted by Crippen LogP contribution is -2.13. The monoisotopic (exact) mass is 342 g/mol. The first-order valence-electron chi connectivity index (χ1n) is 8.24. The average Bonchev–Trinajstić information content (AvgIpc) is 2.62. The highest BCUT2D eigenvalue weighted by Gasteiger charge is 2.16. The van der Waals surface area contributed by atoms with Crippen molar-refractivity contribution in [1.29, 1.82) is 0 Å². The summed E-state index contributed by atoms with van der Waals surface area (Å²) in [6.07, 6.45) is 11.3. The first-order valence-corrected chi connectivity index (χ1v) is 8.24. The second kappa shape index (κ2) is 9.42. The Bertz CT molecular complexity index is 690. The summed E-state index contributed by atoms with van der Waals surface area (Å²) in [4.78, 5) is 27.5. The molecule has 0 radical (unpaired) electrons. The maximum atomic E-state index is 11.7. The van der Waals surface area contributed by atoms with Gasteiger partial charge in [-0.05, 0) is 31.6 Å². The van der Waals surface area contributed by atoms with Gasteiger partial charge in [-0.2, -0.15) is 0 Å². The molecule has 0 aromatic carbocycles. The van der Waals surface area contributed by atoms with E-state index in [-0.39, 0.29) is 18.3 Å². The number of carbonyl (C=O) groups is 2. The van der Waals surface area contributed by atoms with E-state index in [1.165, 1.54) is 6.20 Å². The number of esters is 2. The van der Waals surface area contributed by atoms with Crippen molar-refractivity contribution in [2.24, 2.45) is 5.92 Å². The number of nitrogens with one attached hydrogen (secondary N) is 1. The van der Waals surface area contributed by atoms with Gasteiger partial charge in [-0.1, -0.05) is 24.3 Å². The van der Waals surface area contributed by atoms with E-state index in [9.17, 15) is 9.59 Å². The molecule has 6 nitrogen and oxygen atoms in total. The van der Waals surface area contributed by atoms with Crippen LogP contribution in [0.1, 0.15) is 30.6 Å². The number of pyridine rings is 1. The molecule has 0 saturated carbocycles. The number of hydrogen-bond donors (Lipinski definition) is 1. The number of rotatable bonds is 7. The summed E-state index contributed by atoms with van der Waals surface area (Å²) in [7, 11) is 0. The highest BCUT2D eigenvalue weighted by molar-refractivity contribution is 5.89. The largest absolute Gasteiger partial charge is 0.466 e. The number of hydrogen-bond acceptors (Lipinski definition) is 6. The van der Waals surface area contributed by atoms with Gasteiger partial charge >= 0.3 is 11.9 Å². The Morgan fingerprint density at radius 3 is 2.68 bits per heavy atom. The molecule has 0 bridgehead atoms. The first-order chi connectivity index (χ1) is 12.1. The molecule has 1 heterocycles. The number of nitrogens with zero attached hydrogens (tertiary/aromatic N) is 1. The van der Waals surface area contributed by atoms with Gasteiger partial charge in [0.05, 0.1) is 25.2 Å². The Balaban J connectivity index is 2.01. The van der Waals surface area contributed by atoms with Gasteiger partial charge < -0.3 is 14.8 Å². The topological polar surface area (TPSA) is 77.5 Å². The highest BCUT2D eigenvalue weighted by atomic mass is 16.5. The van der Waals surface area contributed by atoms with Crippen LogP contribution in [0.15, 0.2) is 54.4 Å². The molecule has 1 aliphatic rings. The zero-order valence-corrected chi connectivity index (χ0v) is 14.4. The van der Waals surface area contributed by atoms with Crippen LogP contribution >= 0.6 is 0 Å². The minimum Gasteiger partial charge on any atom is -0.466 e. The molecule has 25 heavy (non-hydrogen) atoms. The summed E-state index contributed by atoms with van der Waals surface area (Å²) in [6, 6.07) is 3.35. The summed E-state index contributed by atoms with van der Waals surface area (Å²) in [5.74, 6) is -0.0706. The van der Waals surface area contributed by atoms with Crippen LogP contribution in [-0.4, -0.2) is 30.1 Å². The van der Waals surface area contributed by atoms with E-state index in [0.29, 0.717) is 24.6 Å². The predicted molar refractivity (Wildman–Crippen MR) is 94.9 cm³/mol. The second-order valence-corrected chi connectivity index (χ2v) is 5.30. The first kappa shape index (κ1) is 18.4. The molecule has 1 N–H and O–H groups in total. The van der Waals surface area contributed by atoms with Gasteiger partial charge in [0.1, 0.15) is 5.82 Å². The highest BCUT2D eigenvalue weighted by Crippen LogP contribution is 2.23. The minimum atomic E-state index is -0.394. The van der Waals surface area contributed by atoms with Gasteiger partial charge in [-0.15, -0.1) is 0 Å². The van der Waals surface area contributed by atoms with Crippen LogP contribution in [-0.2, 0) is 14.3 Å². The Hall–Kier alpha value is -2.89. The molecule has 0 amide bonds. The number of allylic oxidation sites excluding steroid dienone is 5. The molecule has 2 rings (SSSR count). The standard InChI is InChI=1S/C19H22N2O4/c1-3-24-18(22)11-14-7-5-6-8-15(14)12-20-17-10-9-16(13-21-17)19(23)25-4-2/h5-10,12-14H,3-4,11H2,1-2H3,(H,20,21). The van der Waals surface area contributed by atoms with Crippen molar-refractivity contribution < 1.29 is 19.1 Å². The van der Waals surface area contributed by atoms with Crippen molar-refractivity contribution in [3.8, 4) is 0 Å². The lowest BCUT2D eigenvalue weighted by molar-refractivity contribution is -0.143. The molecule has 6 heteroatoms. The van der Waals surface area contributed by atoms with E-state index >= 15 is 0 Å². The van der Waals surface area contributed by atoms with Crippen molar-refractivity contribution in [1.82, 2.24) is 4.98 Å². The molecule has 1 aliphatic carbocycles. The van der Waals surface area contributed by atoms with Gasteiger partial charge in [0.25, 0.3) is 0 Å². The van der Waals surface area contributed by atoms with Crippen LogP contribution in [0.3, 0.4) is 0 Å². The molecule has 1 unspecified atom stereocenters. The van der Waals surface area contributed by atoms with Gasteiger partial charge in [0.15, 0.2) is 0 Å². The molecule has 0 aliphatic heterocycles. The van der Waals surface area contributed by atoms with E-state index in [1.807, 2.05) is 24.3 Å². The van der Waals surface area contributed by atoms with Crippen LogP contribution in [0.2, 0.25) is 0 Å². The van der Waals surface area contributed by atoms with Crippen LogP contribution in [0, 0.1) is 5.92 Å². The minimum absolute atomic E-state index is 0.0460. The van der Waals surface area contributed by atoms with E-state index in [2.05, 4.69) is 10.3 Å². The number of ether oxygens (including phenoxy) is 2. The number of aromatic nitrogens is 1. The fourth-order valence-electron chi connectivity index (χ4n) is 2.31. The van der Waals surface area contributed by atoms with Gasteiger partial charge in [-0.25, -0.2) is 9.78 Å². The number of carbonyl (C=O) groups excluding carboxylic acids is 2. The Labute approximate surface area is 147 Å². The molecule has 1 aromatic heterocycles. The molecule has 1 aromatic rings. The van der Waals surface area contributed by atoms with Crippen molar-refractivity contribution in [2.45, 2.75) is 20.3 Å². The van der Waals surface area contributed by atoms with E-state index in [4.69, 9.17) is 9.47 Å². The van der Waals surface area contributed by atoms with Gasteiger partial charge in [-0.3, -0.25) is 4.79 Å². The van der Waals surface area contributed by atoms with Gasteiger partial charge in [0.2, 0.25) is 0 Å². The average molecular weight is 342 g/mol. The van der Waals surface area contributed by atoms with Crippen molar-refractivity contribution in [3.05, 3.63) is 60.0 Å². The van der Waals surface area contributed by atoms with Crippen LogP contribution in [0.5, 0.6) is 0 Å². The van der Waals surface area contributed by atoms with Crippen molar-refractivity contribution >= 4 is 17.8 Å². The summed E-state index contributed by atoms with van der Waals surface area (Å²) in [6.45, 7) is 4.25. The van der Waals surface area contributed by atoms with E-state index in [0.717, 1.165) is 5.57 Å². The van der Waals surface area contributed by atoms with E-state index in [1.54, 1.807) is 32.2 Å². The fourth-order valence-corrected chi connectivity index (χ4v) is 2.31. The zero-order chi connectivity index (χ0) is 18.1. The molecule has 132 valence electrons. The molecule has 1 atom stereocenters. The van der Waals surface area contributed by atoms with Crippen molar-refractivity contribution in [2.75, 3.05) is 18.5 Å². The molecular formula is C19H22N2O4. The number of anilines is 1. The second-order valence-electron chi connectivity index (χ2n) is 5.30. The third-order valence-electron chi connectivity index (χ3n) is 3.52. The smallest absolute Gasteiger partial charge is 0.339 e. The molecular weight excluding hydrogens is 320 g/mol. The van der Waals surface area contributed by atoms with E-state index < -0.39 is 5.97 Å². The Kier molecular flexibility index (Phi) is 6.95. The third-order valence-corrected chi connectivity index (χ3v) is 3.52. The van der Waals surface area contributed by atoms with Crippen LogP contribution in [0.4, 0.5) is 5.82 Å². The lowest BCUT2D eigenvalue weighted by Gasteiger charge is -2.16. The summed E-state index contributed by atoms with van der Waals surface area (Å²) in [5, 5.41) is 3.09. The van der Waals surface area contributed by atoms with Gasteiger partial charge in [0, 0.05) is 18.3 Å². The lowest BCUT2D eigenvalue weighted by atomic mass is 9.92. The van der Waals surface area contributed by atoms with Crippen LogP contribution in [0.25, 0.3) is 0 Å². The zero-order valence-electron chi connectivity index (χ0n) is 14.4. The molecule has 0 saturated heterocycles. The SMILES string of the molecule is CCOC(=O)CC1C=CC=CC1=CNc1ccc(C(=O)OCC)cn1. The maximum absolute atomic E-state index is 11.7. The maximum Gasteiger partial charge on any atom is 0.339 e. The normalized spacial score (nSPS) is 17.4.